The first-order valence-corrected chi connectivity index (χ1v) is 6.79. The molecule has 0 saturated heterocycles. The van der Waals surface area contributed by atoms with Crippen molar-refractivity contribution in [3.8, 4) is 0 Å². The summed E-state index contributed by atoms with van der Waals surface area (Å²) in [5.74, 6) is 0. The summed E-state index contributed by atoms with van der Waals surface area (Å²) in [6.07, 6.45) is 3.08. The van der Waals surface area contributed by atoms with Gasteiger partial charge in [-0.25, -0.2) is 0 Å². The monoisotopic (exact) mass is 248 g/mol. The van der Waals surface area contributed by atoms with Gasteiger partial charge in [-0.05, 0) is 44.7 Å². The number of aryl methyl sites for hydroxylation is 2. The van der Waals surface area contributed by atoms with Gasteiger partial charge in [0.2, 0.25) is 0 Å². The van der Waals surface area contributed by atoms with Crippen molar-refractivity contribution in [1.82, 2.24) is 0 Å². The van der Waals surface area contributed by atoms with E-state index in [1.54, 1.807) is 0 Å². The van der Waals surface area contributed by atoms with Gasteiger partial charge in [-0.15, -0.1) is 0 Å². The van der Waals surface area contributed by atoms with E-state index in [4.69, 9.17) is 5.73 Å². The standard InChI is InChI=1S/C15H24N2O/c1-12-5-6-14-13(10-12)4-3-8-17(14)9-7-15(2,18)11-16/h5-6,10,18H,3-4,7-9,11,16H2,1-2H3. The molecule has 100 valence electrons. The zero-order valence-corrected chi connectivity index (χ0v) is 11.4. The highest BCUT2D eigenvalue weighted by atomic mass is 16.3. The van der Waals surface area contributed by atoms with Crippen molar-refractivity contribution in [1.29, 1.82) is 0 Å². The van der Waals surface area contributed by atoms with Crippen molar-refractivity contribution in [2.45, 2.75) is 38.7 Å². The Balaban J connectivity index is 2.08. The Labute approximate surface area is 110 Å². The summed E-state index contributed by atoms with van der Waals surface area (Å²) in [7, 11) is 0. The molecule has 1 aliphatic heterocycles. The lowest BCUT2D eigenvalue weighted by atomic mass is 9.97. The predicted molar refractivity (Wildman–Crippen MR) is 76.0 cm³/mol. The largest absolute Gasteiger partial charge is 0.389 e. The number of fused-ring (bicyclic) bond motifs is 1. The molecule has 0 aromatic heterocycles. The van der Waals surface area contributed by atoms with Crippen LogP contribution in [0.4, 0.5) is 5.69 Å². The maximum Gasteiger partial charge on any atom is 0.0758 e. The van der Waals surface area contributed by atoms with Crippen LogP contribution in [-0.2, 0) is 6.42 Å². The first-order chi connectivity index (χ1) is 8.52. The highest BCUT2D eigenvalue weighted by molar-refractivity contribution is 5.56. The van der Waals surface area contributed by atoms with Crippen molar-refractivity contribution < 1.29 is 5.11 Å². The fraction of sp³-hybridized carbons (Fsp3) is 0.600. The van der Waals surface area contributed by atoms with E-state index >= 15 is 0 Å². The Kier molecular flexibility index (Phi) is 3.93. The average Bonchev–Trinajstić information content (AvgIpc) is 2.36. The maximum absolute atomic E-state index is 9.99. The van der Waals surface area contributed by atoms with Gasteiger partial charge in [0.1, 0.15) is 0 Å². The number of nitrogens with two attached hydrogens (primary N) is 1. The van der Waals surface area contributed by atoms with E-state index in [1.165, 1.54) is 29.7 Å². The lowest BCUT2D eigenvalue weighted by Crippen LogP contribution is -2.40. The highest BCUT2D eigenvalue weighted by Crippen LogP contribution is 2.28. The number of benzene rings is 1. The number of nitrogens with zero attached hydrogens (tertiary/aromatic N) is 1. The Morgan fingerprint density at radius 3 is 2.94 bits per heavy atom. The molecule has 0 aliphatic carbocycles. The Morgan fingerprint density at radius 1 is 1.44 bits per heavy atom. The van der Waals surface area contributed by atoms with Crippen molar-refractivity contribution >= 4 is 5.69 Å². The topological polar surface area (TPSA) is 49.5 Å². The molecule has 1 aromatic rings. The molecule has 2 rings (SSSR count). The minimum Gasteiger partial charge on any atom is -0.389 e. The fourth-order valence-electron chi connectivity index (χ4n) is 2.51. The van der Waals surface area contributed by atoms with Crippen LogP contribution in [-0.4, -0.2) is 30.3 Å². The molecule has 1 unspecified atom stereocenters. The molecular formula is C15H24N2O. The summed E-state index contributed by atoms with van der Waals surface area (Å²) in [6.45, 7) is 6.23. The Morgan fingerprint density at radius 2 is 2.22 bits per heavy atom. The van der Waals surface area contributed by atoms with Crippen LogP contribution in [0.5, 0.6) is 0 Å². The third-order valence-electron chi connectivity index (χ3n) is 3.81. The molecule has 0 amide bonds. The highest BCUT2D eigenvalue weighted by Gasteiger charge is 2.22. The number of aliphatic hydroxyl groups is 1. The molecule has 0 spiro atoms. The van der Waals surface area contributed by atoms with Crippen LogP contribution in [0.1, 0.15) is 30.9 Å². The first-order valence-electron chi connectivity index (χ1n) is 6.79. The second-order valence-electron chi connectivity index (χ2n) is 5.67. The lowest BCUT2D eigenvalue weighted by molar-refractivity contribution is 0.0619. The molecule has 0 fully saturated rings. The fourth-order valence-corrected chi connectivity index (χ4v) is 2.51. The molecule has 1 aliphatic rings. The van der Waals surface area contributed by atoms with Crippen LogP contribution in [0.25, 0.3) is 0 Å². The second-order valence-corrected chi connectivity index (χ2v) is 5.67. The number of hydrogen-bond donors (Lipinski definition) is 2. The minimum absolute atomic E-state index is 0.321. The SMILES string of the molecule is Cc1ccc2c(c1)CCCN2CCC(C)(O)CN. The molecule has 0 bridgehead atoms. The lowest BCUT2D eigenvalue weighted by Gasteiger charge is -2.34. The molecule has 3 heteroatoms. The van der Waals surface area contributed by atoms with Gasteiger partial charge in [0, 0.05) is 25.3 Å². The van der Waals surface area contributed by atoms with Crippen molar-refractivity contribution in [2.75, 3.05) is 24.5 Å². The normalized spacial score (nSPS) is 18.3. The number of hydrogen-bond acceptors (Lipinski definition) is 3. The van der Waals surface area contributed by atoms with E-state index in [-0.39, 0.29) is 0 Å². The molecule has 3 N–H and O–H groups in total. The van der Waals surface area contributed by atoms with Crippen molar-refractivity contribution in [2.24, 2.45) is 5.73 Å². The summed E-state index contributed by atoms with van der Waals surface area (Å²) in [5, 5.41) is 9.99. The van der Waals surface area contributed by atoms with Crippen LogP contribution in [0.2, 0.25) is 0 Å². The summed E-state index contributed by atoms with van der Waals surface area (Å²) in [5.41, 5.74) is 8.92. The van der Waals surface area contributed by atoms with Gasteiger partial charge in [-0.1, -0.05) is 17.7 Å². The zero-order valence-electron chi connectivity index (χ0n) is 11.4. The van der Waals surface area contributed by atoms with E-state index in [9.17, 15) is 5.11 Å². The number of anilines is 1. The molecule has 1 atom stereocenters. The van der Waals surface area contributed by atoms with Crippen LogP contribution < -0.4 is 10.6 Å². The molecular weight excluding hydrogens is 224 g/mol. The quantitative estimate of drug-likeness (QED) is 0.855. The van der Waals surface area contributed by atoms with Crippen molar-refractivity contribution in [3.05, 3.63) is 29.3 Å². The third-order valence-corrected chi connectivity index (χ3v) is 3.81. The predicted octanol–water partition coefficient (Wildman–Crippen LogP) is 1.85. The summed E-state index contributed by atoms with van der Waals surface area (Å²) >= 11 is 0. The van der Waals surface area contributed by atoms with Crippen molar-refractivity contribution in [3.63, 3.8) is 0 Å². The molecule has 3 nitrogen and oxygen atoms in total. The van der Waals surface area contributed by atoms with Gasteiger partial charge in [0.25, 0.3) is 0 Å². The molecule has 18 heavy (non-hydrogen) atoms. The molecule has 0 radical (unpaired) electrons. The zero-order chi connectivity index (χ0) is 13.2. The molecule has 1 heterocycles. The third kappa shape index (κ3) is 3.03. The van der Waals surface area contributed by atoms with E-state index in [0.29, 0.717) is 6.54 Å². The van der Waals surface area contributed by atoms with E-state index in [0.717, 1.165) is 19.5 Å². The van der Waals surface area contributed by atoms with Gasteiger partial charge in [-0.3, -0.25) is 0 Å². The van der Waals surface area contributed by atoms with Gasteiger partial charge < -0.3 is 15.7 Å². The van der Waals surface area contributed by atoms with Crippen LogP contribution >= 0.6 is 0 Å². The summed E-state index contributed by atoms with van der Waals surface area (Å²) < 4.78 is 0. The molecule has 1 aromatic carbocycles. The van der Waals surface area contributed by atoms with E-state index in [2.05, 4.69) is 30.0 Å². The van der Waals surface area contributed by atoms with Gasteiger partial charge in [0.05, 0.1) is 5.60 Å². The van der Waals surface area contributed by atoms with Gasteiger partial charge >= 0.3 is 0 Å². The van der Waals surface area contributed by atoms with Crippen LogP contribution in [0.3, 0.4) is 0 Å². The Hall–Kier alpha value is -1.06. The summed E-state index contributed by atoms with van der Waals surface area (Å²) in [6, 6.07) is 6.65. The van der Waals surface area contributed by atoms with Gasteiger partial charge in [-0.2, -0.15) is 0 Å². The summed E-state index contributed by atoms with van der Waals surface area (Å²) in [4.78, 5) is 2.38. The minimum atomic E-state index is -0.748. The number of rotatable bonds is 4. The average molecular weight is 248 g/mol. The smallest absolute Gasteiger partial charge is 0.0758 e. The molecule has 0 saturated carbocycles. The van der Waals surface area contributed by atoms with Crippen LogP contribution in [0.15, 0.2) is 18.2 Å². The maximum atomic E-state index is 9.99. The van der Waals surface area contributed by atoms with E-state index in [1.807, 2.05) is 6.92 Å². The first kappa shape index (κ1) is 13.4. The second kappa shape index (κ2) is 5.29. The van der Waals surface area contributed by atoms with Gasteiger partial charge in [0.15, 0.2) is 0 Å². The Bertz CT molecular complexity index is 415. The van der Waals surface area contributed by atoms with E-state index < -0.39 is 5.60 Å². The van der Waals surface area contributed by atoms with Crippen LogP contribution in [0, 0.1) is 6.92 Å².